The maximum absolute atomic E-state index is 10.9. The van der Waals surface area contributed by atoms with E-state index in [0.29, 0.717) is 0 Å². The monoisotopic (exact) mass is 372 g/mol. The van der Waals surface area contributed by atoms with Gasteiger partial charge in [0, 0.05) is 0 Å². The Kier molecular flexibility index (Phi) is 15.4. The minimum Gasteiger partial charge on any atom is -1.00 e. The molecule has 1 unspecified atom stereocenters. The smallest absolute Gasteiger partial charge is 1.00 e. The van der Waals surface area contributed by atoms with E-state index in [1.54, 1.807) is 0 Å². The van der Waals surface area contributed by atoms with Crippen LogP contribution in [0.25, 0.3) is 0 Å². The Balaban J connectivity index is -0.000000605. The van der Waals surface area contributed by atoms with Crippen LogP contribution in [0.4, 0.5) is 0 Å². The first-order valence-electron chi connectivity index (χ1n) is 4.18. The van der Waals surface area contributed by atoms with Gasteiger partial charge in [-0.05, 0) is 6.42 Å². The molecule has 0 aliphatic carbocycles. The van der Waals surface area contributed by atoms with Crippen LogP contribution in [0.2, 0.25) is 0 Å². The fourth-order valence-corrected chi connectivity index (χ4v) is 2.06. The van der Waals surface area contributed by atoms with Gasteiger partial charge in [0.05, 0.1) is 0 Å². The predicted molar refractivity (Wildman–Crippen MR) is 62.7 cm³/mol. The van der Waals surface area contributed by atoms with Gasteiger partial charge in [-0.15, -0.1) is 0 Å². The SMILES string of the molecule is CCCCCCC(I)C(=O)OBr.[H-].[Na+]. The molecule has 1 atom stereocenters. The molecule has 0 saturated carbocycles. The van der Waals surface area contributed by atoms with Crippen LogP contribution in [0.3, 0.4) is 0 Å². The maximum Gasteiger partial charge on any atom is 1.00 e. The van der Waals surface area contributed by atoms with Crippen LogP contribution < -0.4 is 29.6 Å². The molecule has 0 aliphatic heterocycles. The molecule has 0 aromatic heterocycles. The topological polar surface area (TPSA) is 26.3 Å². The number of alkyl halides is 1. The van der Waals surface area contributed by atoms with E-state index in [1.165, 1.54) is 19.3 Å². The molecular weight excluding hydrogens is 358 g/mol. The van der Waals surface area contributed by atoms with Crippen molar-refractivity contribution in [1.82, 2.24) is 0 Å². The Morgan fingerprint density at radius 3 is 2.62 bits per heavy atom. The molecule has 13 heavy (non-hydrogen) atoms. The van der Waals surface area contributed by atoms with E-state index < -0.39 is 0 Å². The fraction of sp³-hybridized carbons (Fsp3) is 0.875. The molecular formula is C8H15BrINaO2. The van der Waals surface area contributed by atoms with Crippen molar-refractivity contribution < 1.29 is 39.6 Å². The molecule has 2 nitrogen and oxygen atoms in total. The van der Waals surface area contributed by atoms with Gasteiger partial charge < -0.3 is 5.25 Å². The summed E-state index contributed by atoms with van der Waals surface area (Å²) in [5, 5.41) is 0. The molecule has 0 N–H and O–H groups in total. The number of carbonyl (C=O) groups excluding carboxylic acids is 1. The van der Waals surface area contributed by atoms with E-state index in [2.05, 4.69) is 49.6 Å². The molecule has 0 amide bonds. The average molecular weight is 373 g/mol. The molecule has 0 aliphatic rings. The molecule has 0 radical (unpaired) electrons. The summed E-state index contributed by atoms with van der Waals surface area (Å²) in [6.07, 6.45) is 5.74. The minimum absolute atomic E-state index is 0. The van der Waals surface area contributed by atoms with Gasteiger partial charge in [-0.1, -0.05) is 55.2 Å². The van der Waals surface area contributed by atoms with Crippen molar-refractivity contribution in [2.75, 3.05) is 0 Å². The average Bonchev–Trinajstić information content (AvgIpc) is 2.10. The van der Waals surface area contributed by atoms with Gasteiger partial charge in [-0.25, -0.2) is 0 Å². The van der Waals surface area contributed by atoms with Crippen molar-refractivity contribution in [2.24, 2.45) is 0 Å². The van der Waals surface area contributed by atoms with Crippen molar-refractivity contribution in [3.05, 3.63) is 0 Å². The number of carbonyl (C=O) groups is 1. The molecule has 0 heterocycles. The van der Waals surface area contributed by atoms with Crippen molar-refractivity contribution in [1.29, 1.82) is 0 Å². The van der Waals surface area contributed by atoms with Crippen molar-refractivity contribution in [2.45, 2.75) is 43.0 Å². The third-order valence-corrected chi connectivity index (χ3v) is 3.09. The summed E-state index contributed by atoms with van der Waals surface area (Å²) in [5.41, 5.74) is 0. The van der Waals surface area contributed by atoms with Crippen LogP contribution in [0.5, 0.6) is 0 Å². The first-order chi connectivity index (χ1) is 5.72. The maximum atomic E-state index is 10.9. The molecule has 5 heteroatoms. The van der Waals surface area contributed by atoms with Gasteiger partial charge in [0.25, 0.3) is 0 Å². The summed E-state index contributed by atoms with van der Waals surface area (Å²) >= 11 is 4.80. The van der Waals surface area contributed by atoms with E-state index >= 15 is 0 Å². The third kappa shape index (κ3) is 9.97. The Morgan fingerprint density at radius 2 is 2.15 bits per heavy atom. The van der Waals surface area contributed by atoms with Crippen LogP contribution in [0, 0.1) is 0 Å². The quantitative estimate of drug-likeness (QED) is 0.297. The van der Waals surface area contributed by atoms with Crippen LogP contribution in [0.1, 0.15) is 40.5 Å². The summed E-state index contributed by atoms with van der Waals surface area (Å²) in [5.74, 6) is -0.174. The van der Waals surface area contributed by atoms with E-state index in [1.807, 2.05) is 0 Å². The van der Waals surface area contributed by atoms with Crippen molar-refractivity contribution >= 4 is 44.8 Å². The Bertz CT molecular complexity index is 141. The Hall–Kier alpha value is 1.68. The standard InChI is InChI=1S/C8H14BrIO2.Na.H/c1-2-3-4-5-6-7(10)8(11)12-9;;/h7H,2-6H2,1H3;;/q;+1;-1. The van der Waals surface area contributed by atoms with Gasteiger partial charge in [0.1, 0.15) is 3.92 Å². The normalized spacial score (nSPS) is 11.6. The van der Waals surface area contributed by atoms with E-state index in [0.717, 1.165) is 12.8 Å². The molecule has 0 rings (SSSR count). The summed E-state index contributed by atoms with van der Waals surface area (Å²) in [6, 6.07) is 0. The van der Waals surface area contributed by atoms with Crippen LogP contribution in [-0.4, -0.2) is 9.89 Å². The zero-order valence-electron chi connectivity index (χ0n) is 9.19. The minimum atomic E-state index is -0.174. The number of hydrogen-bond donors (Lipinski definition) is 0. The first-order valence-corrected chi connectivity index (χ1v) is 6.08. The summed E-state index contributed by atoms with van der Waals surface area (Å²) in [6.45, 7) is 2.17. The predicted octanol–water partition coefficient (Wildman–Crippen LogP) is 0.730. The van der Waals surface area contributed by atoms with Gasteiger partial charge in [-0.2, -0.15) is 0 Å². The zero-order chi connectivity index (χ0) is 9.40. The fourth-order valence-electron chi connectivity index (χ4n) is 0.917. The van der Waals surface area contributed by atoms with Crippen molar-refractivity contribution in [3.8, 4) is 0 Å². The van der Waals surface area contributed by atoms with Gasteiger partial charge in [0.2, 0.25) is 0 Å². The van der Waals surface area contributed by atoms with Crippen molar-refractivity contribution in [3.63, 3.8) is 0 Å². The van der Waals surface area contributed by atoms with Gasteiger partial charge in [-0.3, -0.25) is 4.79 Å². The zero-order valence-corrected chi connectivity index (χ0v) is 13.9. The van der Waals surface area contributed by atoms with E-state index in [9.17, 15) is 4.79 Å². The van der Waals surface area contributed by atoms with Crippen LogP contribution >= 0.6 is 38.8 Å². The number of halogens is 2. The molecule has 0 saturated heterocycles. The summed E-state index contributed by atoms with van der Waals surface area (Å²) < 4.78 is 4.43. The van der Waals surface area contributed by atoms with Gasteiger partial charge >= 0.3 is 35.5 Å². The Morgan fingerprint density at radius 1 is 1.54 bits per heavy atom. The molecule has 0 bridgehead atoms. The molecule has 0 spiro atoms. The first kappa shape index (κ1) is 17.1. The summed E-state index contributed by atoms with van der Waals surface area (Å²) in [7, 11) is 0. The van der Waals surface area contributed by atoms with E-state index in [-0.39, 0.29) is 40.9 Å². The van der Waals surface area contributed by atoms with E-state index in [4.69, 9.17) is 0 Å². The van der Waals surface area contributed by atoms with Gasteiger partial charge in [0.15, 0.2) is 16.3 Å². The Labute approximate surface area is 126 Å². The molecule has 0 fully saturated rings. The van der Waals surface area contributed by atoms with Crippen LogP contribution in [0.15, 0.2) is 0 Å². The second-order valence-electron chi connectivity index (χ2n) is 2.71. The molecule has 74 valence electrons. The third-order valence-electron chi connectivity index (χ3n) is 1.64. The largest absolute Gasteiger partial charge is 1.00 e. The summed E-state index contributed by atoms with van der Waals surface area (Å²) in [4.78, 5) is 10.9. The number of unbranched alkanes of at least 4 members (excludes halogenated alkanes) is 3. The molecule has 0 aromatic carbocycles. The molecule has 0 aromatic rings. The van der Waals surface area contributed by atoms with Crippen LogP contribution in [-0.2, 0) is 8.62 Å². The second-order valence-corrected chi connectivity index (χ2v) is 4.54. The number of rotatable bonds is 6. The number of hydrogen-bond acceptors (Lipinski definition) is 2. The second kappa shape index (κ2) is 11.8.